The number of carboxylic acids is 1. The molecule has 2 aromatic carbocycles. The van der Waals surface area contributed by atoms with Gasteiger partial charge in [-0.25, -0.2) is 4.39 Å². The molecule has 2 heterocycles. The first kappa shape index (κ1) is 20.5. The number of likely N-dealkylation sites (tertiary alicyclic amines) is 1. The monoisotopic (exact) mass is 410 g/mol. The van der Waals surface area contributed by atoms with E-state index in [0.717, 1.165) is 16.8 Å². The predicted octanol–water partition coefficient (Wildman–Crippen LogP) is 4.38. The number of carboxylic acid groups (broad SMARTS) is 1. The number of hydrogen-bond acceptors (Lipinski definition) is 4. The quantitative estimate of drug-likeness (QED) is 0.768. The first-order chi connectivity index (χ1) is 14.4. The molecule has 0 radical (unpaired) electrons. The first-order valence-corrected chi connectivity index (χ1v) is 10.4. The fraction of sp³-hybridized carbons (Fsp3) is 0.417. The van der Waals surface area contributed by atoms with Crippen molar-refractivity contribution in [2.75, 3.05) is 13.1 Å². The second-order valence-corrected chi connectivity index (χ2v) is 8.53. The van der Waals surface area contributed by atoms with E-state index in [0.29, 0.717) is 45.3 Å². The van der Waals surface area contributed by atoms with Crippen LogP contribution < -0.4 is 0 Å². The van der Waals surface area contributed by atoms with Crippen LogP contribution in [0.5, 0.6) is 0 Å². The zero-order valence-corrected chi connectivity index (χ0v) is 17.2. The topological polar surface area (TPSA) is 62.1 Å². The van der Waals surface area contributed by atoms with Crippen molar-refractivity contribution in [2.24, 2.45) is 10.6 Å². The molecule has 0 aliphatic carbocycles. The van der Waals surface area contributed by atoms with Gasteiger partial charge in [-0.3, -0.25) is 9.69 Å². The molecule has 1 saturated heterocycles. The highest BCUT2D eigenvalue weighted by Gasteiger charge is 2.44. The van der Waals surface area contributed by atoms with Crippen molar-refractivity contribution in [3.05, 3.63) is 71.0 Å². The summed E-state index contributed by atoms with van der Waals surface area (Å²) in [6, 6.07) is 14.6. The maximum absolute atomic E-state index is 13.1. The summed E-state index contributed by atoms with van der Waals surface area (Å²) in [5, 5.41) is 14.2. The summed E-state index contributed by atoms with van der Waals surface area (Å²) in [6.45, 7) is 4.14. The number of halogens is 1. The number of benzene rings is 2. The lowest BCUT2D eigenvalue weighted by molar-refractivity contribution is -0.155. The Morgan fingerprint density at radius 2 is 1.83 bits per heavy atom. The minimum Gasteiger partial charge on any atom is -0.481 e. The Morgan fingerprint density at radius 1 is 1.17 bits per heavy atom. The molecule has 1 atom stereocenters. The van der Waals surface area contributed by atoms with Gasteiger partial charge in [-0.2, -0.15) is 0 Å². The molecule has 4 rings (SSSR count). The Hall–Kier alpha value is -2.73. The van der Waals surface area contributed by atoms with Gasteiger partial charge < -0.3 is 9.94 Å². The lowest BCUT2D eigenvalue weighted by Gasteiger charge is -2.39. The van der Waals surface area contributed by atoms with E-state index in [2.05, 4.69) is 10.1 Å². The molecule has 2 aliphatic heterocycles. The SMILES string of the molecule is Cc1ccc(C2=NOC(CC3(C(=O)O)CCN(Cc4ccc(F)cc4)CC3)C2)cc1. The summed E-state index contributed by atoms with van der Waals surface area (Å²) in [5.41, 5.74) is 3.35. The summed E-state index contributed by atoms with van der Waals surface area (Å²) in [6.07, 6.45) is 2.04. The van der Waals surface area contributed by atoms with Crippen molar-refractivity contribution in [3.8, 4) is 0 Å². The molecule has 30 heavy (non-hydrogen) atoms. The number of hydrogen-bond donors (Lipinski definition) is 1. The van der Waals surface area contributed by atoms with Crippen molar-refractivity contribution < 1.29 is 19.1 Å². The molecule has 2 aromatic rings. The summed E-state index contributed by atoms with van der Waals surface area (Å²) < 4.78 is 13.1. The molecule has 1 fully saturated rings. The molecule has 6 heteroatoms. The molecule has 1 N–H and O–H groups in total. The van der Waals surface area contributed by atoms with E-state index in [9.17, 15) is 14.3 Å². The number of oxime groups is 1. The highest BCUT2D eigenvalue weighted by atomic mass is 19.1. The largest absolute Gasteiger partial charge is 0.481 e. The Bertz CT molecular complexity index is 916. The number of rotatable bonds is 6. The van der Waals surface area contributed by atoms with Crippen LogP contribution in [0.4, 0.5) is 4.39 Å². The number of aryl methyl sites for hydroxylation is 1. The molecule has 2 aliphatic rings. The highest BCUT2D eigenvalue weighted by Crippen LogP contribution is 2.39. The zero-order valence-electron chi connectivity index (χ0n) is 17.2. The average Bonchev–Trinajstić information content (AvgIpc) is 3.20. The lowest BCUT2D eigenvalue weighted by Crippen LogP contribution is -2.45. The lowest BCUT2D eigenvalue weighted by atomic mass is 9.73. The van der Waals surface area contributed by atoms with Gasteiger partial charge >= 0.3 is 5.97 Å². The normalized spacial score (nSPS) is 21.1. The van der Waals surface area contributed by atoms with Gasteiger partial charge in [0, 0.05) is 19.4 Å². The van der Waals surface area contributed by atoms with Crippen LogP contribution in [0.15, 0.2) is 53.7 Å². The van der Waals surface area contributed by atoms with Crippen molar-refractivity contribution in [2.45, 2.75) is 45.3 Å². The van der Waals surface area contributed by atoms with Gasteiger partial charge in [0.05, 0.1) is 11.1 Å². The third-order valence-corrected chi connectivity index (χ3v) is 6.32. The molecule has 0 spiro atoms. The smallest absolute Gasteiger partial charge is 0.309 e. The maximum atomic E-state index is 13.1. The number of aliphatic carboxylic acids is 1. The van der Waals surface area contributed by atoms with Gasteiger partial charge in [0.1, 0.15) is 11.9 Å². The van der Waals surface area contributed by atoms with Crippen molar-refractivity contribution >= 4 is 11.7 Å². The average molecular weight is 410 g/mol. The van der Waals surface area contributed by atoms with E-state index in [1.54, 1.807) is 12.1 Å². The fourth-order valence-electron chi connectivity index (χ4n) is 4.38. The molecule has 0 amide bonds. The Balaban J connectivity index is 1.35. The number of carbonyl (C=O) groups is 1. The molecule has 158 valence electrons. The van der Waals surface area contributed by atoms with Crippen LogP contribution in [0.2, 0.25) is 0 Å². The molecular weight excluding hydrogens is 383 g/mol. The molecule has 0 bridgehead atoms. The van der Waals surface area contributed by atoms with E-state index in [4.69, 9.17) is 4.84 Å². The summed E-state index contributed by atoms with van der Waals surface area (Å²) in [5.74, 6) is -0.998. The van der Waals surface area contributed by atoms with Crippen LogP contribution in [0.3, 0.4) is 0 Å². The summed E-state index contributed by atoms with van der Waals surface area (Å²) in [7, 11) is 0. The van der Waals surface area contributed by atoms with Crippen LogP contribution in [-0.2, 0) is 16.2 Å². The minimum atomic E-state index is -0.789. The van der Waals surface area contributed by atoms with Gasteiger partial charge in [-0.1, -0.05) is 47.1 Å². The van der Waals surface area contributed by atoms with Crippen LogP contribution in [-0.4, -0.2) is 40.9 Å². The van der Waals surface area contributed by atoms with Crippen molar-refractivity contribution in [3.63, 3.8) is 0 Å². The third kappa shape index (κ3) is 4.54. The summed E-state index contributed by atoms with van der Waals surface area (Å²) in [4.78, 5) is 20.1. The molecule has 1 unspecified atom stereocenters. The molecule has 0 saturated carbocycles. The standard InChI is InChI=1S/C24H27FN2O3/c1-17-2-6-19(7-3-17)22-14-21(30-26-22)15-24(23(28)29)10-12-27(13-11-24)16-18-4-8-20(25)9-5-18/h2-9,21H,10-16H2,1H3,(H,28,29). The third-order valence-electron chi connectivity index (χ3n) is 6.32. The van der Waals surface area contributed by atoms with Crippen LogP contribution >= 0.6 is 0 Å². The van der Waals surface area contributed by atoms with Crippen molar-refractivity contribution in [1.82, 2.24) is 4.90 Å². The predicted molar refractivity (Wildman–Crippen MR) is 113 cm³/mol. The van der Waals surface area contributed by atoms with Gasteiger partial charge in [0.25, 0.3) is 0 Å². The van der Waals surface area contributed by atoms with Crippen LogP contribution in [0, 0.1) is 18.2 Å². The van der Waals surface area contributed by atoms with E-state index in [1.165, 1.54) is 17.7 Å². The molecule has 0 aromatic heterocycles. The van der Waals surface area contributed by atoms with E-state index >= 15 is 0 Å². The zero-order chi connectivity index (χ0) is 21.1. The maximum Gasteiger partial charge on any atom is 0.309 e. The van der Waals surface area contributed by atoms with E-state index < -0.39 is 11.4 Å². The van der Waals surface area contributed by atoms with E-state index in [1.807, 2.05) is 31.2 Å². The Kier molecular flexibility index (Phi) is 5.86. The first-order valence-electron chi connectivity index (χ1n) is 10.4. The van der Waals surface area contributed by atoms with Gasteiger partial charge in [0.2, 0.25) is 0 Å². The van der Waals surface area contributed by atoms with Gasteiger partial charge in [0.15, 0.2) is 0 Å². The summed E-state index contributed by atoms with van der Waals surface area (Å²) >= 11 is 0. The second-order valence-electron chi connectivity index (χ2n) is 8.53. The fourth-order valence-corrected chi connectivity index (χ4v) is 4.38. The molecule has 5 nitrogen and oxygen atoms in total. The number of piperidine rings is 1. The van der Waals surface area contributed by atoms with Crippen molar-refractivity contribution in [1.29, 1.82) is 0 Å². The second kappa shape index (κ2) is 8.56. The minimum absolute atomic E-state index is 0.207. The highest BCUT2D eigenvalue weighted by molar-refractivity contribution is 6.01. The Morgan fingerprint density at radius 3 is 2.47 bits per heavy atom. The van der Waals surface area contributed by atoms with Crippen LogP contribution in [0.25, 0.3) is 0 Å². The van der Waals surface area contributed by atoms with Crippen LogP contribution in [0.1, 0.15) is 42.4 Å². The number of nitrogens with zero attached hydrogens (tertiary/aromatic N) is 2. The van der Waals surface area contributed by atoms with Gasteiger partial charge in [-0.15, -0.1) is 0 Å². The Labute approximate surface area is 176 Å². The molecular formula is C24H27FN2O3. The van der Waals surface area contributed by atoms with E-state index in [-0.39, 0.29) is 11.9 Å². The van der Waals surface area contributed by atoms with Gasteiger partial charge in [-0.05, 0) is 56.1 Å².